The lowest BCUT2D eigenvalue weighted by atomic mass is 9.99. The van der Waals surface area contributed by atoms with Crippen LogP contribution in [0.1, 0.15) is 31.7 Å². The van der Waals surface area contributed by atoms with Gasteiger partial charge in [-0.05, 0) is 36.8 Å². The maximum atomic E-state index is 11.8. The minimum absolute atomic E-state index is 0.129. The van der Waals surface area contributed by atoms with Crippen LogP contribution in [-0.2, 0) is 11.3 Å². The average molecular weight is 332 g/mol. The number of aromatic nitrogens is 1. The van der Waals surface area contributed by atoms with Crippen LogP contribution in [-0.4, -0.2) is 43.9 Å². The first kappa shape index (κ1) is 17.0. The largest absolute Gasteiger partial charge is 0.381 e. The molecule has 3 rings (SSSR count). The van der Waals surface area contributed by atoms with Gasteiger partial charge in [0.15, 0.2) is 0 Å². The summed E-state index contributed by atoms with van der Waals surface area (Å²) in [6, 6.07) is 3.97. The number of ether oxygens (including phenoxy) is 1. The molecular weight excluding hydrogens is 304 g/mol. The molecule has 6 nitrogen and oxygen atoms in total. The van der Waals surface area contributed by atoms with Crippen LogP contribution in [0, 0.1) is 11.8 Å². The van der Waals surface area contributed by atoms with Gasteiger partial charge in [-0.25, -0.2) is 9.78 Å². The highest BCUT2D eigenvalue weighted by molar-refractivity contribution is 5.73. The third-order valence-corrected chi connectivity index (χ3v) is 4.95. The molecule has 2 N–H and O–H groups in total. The van der Waals surface area contributed by atoms with E-state index < -0.39 is 0 Å². The number of hydrogen-bond acceptors (Lipinski definition) is 4. The normalized spacial score (nSPS) is 21.7. The van der Waals surface area contributed by atoms with E-state index in [4.69, 9.17) is 4.74 Å². The van der Waals surface area contributed by atoms with Crippen molar-refractivity contribution in [3.05, 3.63) is 23.9 Å². The van der Waals surface area contributed by atoms with E-state index in [-0.39, 0.29) is 6.03 Å². The van der Waals surface area contributed by atoms with Crippen LogP contribution in [0.3, 0.4) is 0 Å². The summed E-state index contributed by atoms with van der Waals surface area (Å²) in [5.74, 6) is 2.30. The lowest BCUT2D eigenvalue weighted by molar-refractivity contribution is 0.185. The molecule has 2 aliphatic rings. The topological polar surface area (TPSA) is 66.5 Å². The highest BCUT2D eigenvalue weighted by atomic mass is 16.5. The van der Waals surface area contributed by atoms with Gasteiger partial charge in [-0.2, -0.15) is 0 Å². The van der Waals surface area contributed by atoms with Crippen molar-refractivity contribution >= 4 is 11.8 Å². The Kier molecular flexibility index (Phi) is 5.91. The molecule has 0 aromatic carbocycles. The van der Waals surface area contributed by atoms with Gasteiger partial charge in [0.25, 0.3) is 0 Å². The molecule has 0 aliphatic carbocycles. The second-order valence-electron chi connectivity index (χ2n) is 6.99. The Morgan fingerprint density at radius 2 is 2.12 bits per heavy atom. The summed E-state index contributed by atoms with van der Waals surface area (Å²) in [7, 11) is 0. The van der Waals surface area contributed by atoms with Crippen LogP contribution >= 0.6 is 0 Å². The monoisotopic (exact) mass is 332 g/mol. The maximum absolute atomic E-state index is 11.8. The lowest BCUT2D eigenvalue weighted by Gasteiger charge is -2.31. The van der Waals surface area contributed by atoms with Gasteiger partial charge in [-0.1, -0.05) is 13.0 Å². The molecule has 1 atom stereocenters. The smallest absolute Gasteiger partial charge is 0.315 e. The zero-order valence-corrected chi connectivity index (χ0v) is 14.5. The number of rotatable bonds is 5. The summed E-state index contributed by atoms with van der Waals surface area (Å²) in [5, 5.41) is 5.79. The molecule has 0 radical (unpaired) electrons. The first-order valence-electron chi connectivity index (χ1n) is 9.00. The molecule has 0 bridgehead atoms. The fourth-order valence-corrected chi connectivity index (χ4v) is 3.17. The lowest BCUT2D eigenvalue weighted by Crippen LogP contribution is -2.38. The molecule has 3 heterocycles. The van der Waals surface area contributed by atoms with Crippen molar-refractivity contribution in [2.24, 2.45) is 11.8 Å². The second-order valence-corrected chi connectivity index (χ2v) is 6.99. The summed E-state index contributed by atoms with van der Waals surface area (Å²) in [5.41, 5.74) is 1.02. The number of pyridine rings is 1. The average Bonchev–Trinajstić information content (AvgIpc) is 3.13. The molecule has 6 heteroatoms. The van der Waals surface area contributed by atoms with E-state index >= 15 is 0 Å². The van der Waals surface area contributed by atoms with Crippen LogP contribution in [0.15, 0.2) is 18.3 Å². The van der Waals surface area contributed by atoms with Crippen molar-refractivity contribution in [2.45, 2.75) is 32.7 Å². The Balaban J connectivity index is 1.40. The van der Waals surface area contributed by atoms with E-state index in [9.17, 15) is 4.79 Å². The Bertz CT molecular complexity index is 520. The zero-order valence-electron chi connectivity index (χ0n) is 14.5. The molecule has 2 amide bonds. The number of piperidine rings is 1. The molecule has 0 unspecified atom stereocenters. The van der Waals surface area contributed by atoms with E-state index in [1.165, 1.54) is 12.8 Å². The molecule has 1 aromatic heterocycles. The van der Waals surface area contributed by atoms with Gasteiger partial charge in [0.2, 0.25) is 0 Å². The zero-order chi connectivity index (χ0) is 16.8. The van der Waals surface area contributed by atoms with E-state index in [1.807, 2.05) is 12.3 Å². The third-order valence-electron chi connectivity index (χ3n) is 4.95. The van der Waals surface area contributed by atoms with Gasteiger partial charge in [0.05, 0.1) is 6.61 Å². The van der Waals surface area contributed by atoms with Gasteiger partial charge in [0, 0.05) is 44.9 Å². The predicted octanol–water partition coefficient (Wildman–Crippen LogP) is 2.15. The number of nitrogens with one attached hydrogen (secondary N) is 2. The van der Waals surface area contributed by atoms with Gasteiger partial charge in [-0.15, -0.1) is 0 Å². The third kappa shape index (κ3) is 4.84. The molecular formula is C18H28N4O2. The van der Waals surface area contributed by atoms with E-state index in [1.54, 1.807) is 0 Å². The van der Waals surface area contributed by atoms with Gasteiger partial charge >= 0.3 is 6.03 Å². The molecule has 132 valence electrons. The number of amides is 2. The van der Waals surface area contributed by atoms with Crippen LogP contribution in [0.25, 0.3) is 0 Å². The summed E-state index contributed by atoms with van der Waals surface area (Å²) in [6.07, 6.45) is 5.35. The number of anilines is 1. The number of carbonyl (C=O) groups is 1. The van der Waals surface area contributed by atoms with Crippen LogP contribution in [0.4, 0.5) is 10.6 Å². The van der Waals surface area contributed by atoms with E-state index in [0.29, 0.717) is 19.0 Å². The first-order valence-corrected chi connectivity index (χ1v) is 9.00. The maximum Gasteiger partial charge on any atom is 0.315 e. The number of nitrogens with zero attached hydrogens (tertiary/aromatic N) is 2. The minimum atomic E-state index is -0.129. The highest BCUT2D eigenvalue weighted by Crippen LogP contribution is 2.21. The quantitative estimate of drug-likeness (QED) is 0.867. The number of hydrogen-bond donors (Lipinski definition) is 2. The van der Waals surface area contributed by atoms with Crippen LogP contribution in [0.2, 0.25) is 0 Å². The van der Waals surface area contributed by atoms with E-state index in [2.05, 4.69) is 33.5 Å². The van der Waals surface area contributed by atoms with Crippen molar-refractivity contribution in [1.82, 2.24) is 15.6 Å². The van der Waals surface area contributed by atoms with Crippen molar-refractivity contribution < 1.29 is 9.53 Å². The minimum Gasteiger partial charge on any atom is -0.381 e. The van der Waals surface area contributed by atoms with Gasteiger partial charge in [0.1, 0.15) is 5.82 Å². The summed E-state index contributed by atoms with van der Waals surface area (Å²) in [6.45, 7) is 7.21. The SMILES string of the molecule is CC1CCN(c2ccc(CNC(=O)NC[C@H]3CCOC3)cn2)CC1. The molecule has 0 spiro atoms. The van der Waals surface area contributed by atoms with Crippen LogP contribution < -0.4 is 15.5 Å². The first-order chi connectivity index (χ1) is 11.7. The standard InChI is InChI=1S/C18H28N4O2/c1-14-4-7-22(8-5-14)17-3-2-15(10-19-17)11-20-18(23)21-12-16-6-9-24-13-16/h2-3,10,14,16H,4-9,11-13H2,1H3,(H2,20,21,23)/t16-/m1/s1. The van der Waals surface area contributed by atoms with Gasteiger partial charge < -0.3 is 20.3 Å². The molecule has 1 aromatic rings. The molecule has 2 aliphatic heterocycles. The van der Waals surface area contributed by atoms with Crippen molar-refractivity contribution in [3.8, 4) is 0 Å². The summed E-state index contributed by atoms with van der Waals surface area (Å²) < 4.78 is 5.30. The highest BCUT2D eigenvalue weighted by Gasteiger charge is 2.17. The van der Waals surface area contributed by atoms with Crippen molar-refractivity contribution in [2.75, 3.05) is 37.7 Å². The summed E-state index contributed by atoms with van der Waals surface area (Å²) >= 11 is 0. The summed E-state index contributed by atoms with van der Waals surface area (Å²) in [4.78, 5) is 18.7. The molecule has 2 saturated heterocycles. The Labute approximate surface area is 144 Å². The Morgan fingerprint density at radius 3 is 2.79 bits per heavy atom. The fraction of sp³-hybridized carbons (Fsp3) is 0.667. The predicted molar refractivity (Wildman–Crippen MR) is 94.0 cm³/mol. The molecule has 24 heavy (non-hydrogen) atoms. The fourth-order valence-electron chi connectivity index (χ4n) is 3.17. The van der Waals surface area contributed by atoms with Gasteiger partial charge in [-0.3, -0.25) is 0 Å². The number of urea groups is 1. The van der Waals surface area contributed by atoms with Crippen molar-refractivity contribution in [3.63, 3.8) is 0 Å². The Morgan fingerprint density at radius 1 is 1.29 bits per heavy atom. The van der Waals surface area contributed by atoms with Crippen molar-refractivity contribution in [1.29, 1.82) is 0 Å². The second kappa shape index (κ2) is 8.33. The van der Waals surface area contributed by atoms with E-state index in [0.717, 1.165) is 50.0 Å². The van der Waals surface area contributed by atoms with Crippen LogP contribution in [0.5, 0.6) is 0 Å². The number of carbonyl (C=O) groups excluding carboxylic acids is 1. The molecule has 2 fully saturated rings. The Hall–Kier alpha value is -1.82. The molecule has 0 saturated carbocycles.